The summed E-state index contributed by atoms with van der Waals surface area (Å²) >= 11 is 1.66. The van der Waals surface area contributed by atoms with E-state index in [1.165, 1.54) is 11.1 Å². The molecule has 1 aromatic heterocycles. The van der Waals surface area contributed by atoms with Crippen LogP contribution in [0.4, 0.5) is 5.13 Å². The summed E-state index contributed by atoms with van der Waals surface area (Å²) in [6.07, 6.45) is 4.22. The van der Waals surface area contributed by atoms with Crippen LogP contribution in [-0.4, -0.2) is 23.3 Å². The van der Waals surface area contributed by atoms with Crippen molar-refractivity contribution in [3.05, 3.63) is 34.3 Å². The van der Waals surface area contributed by atoms with Crippen molar-refractivity contribution in [3.8, 4) is 5.75 Å². The Morgan fingerprint density at radius 3 is 3.00 bits per heavy atom. The molecule has 0 saturated carbocycles. The lowest BCUT2D eigenvalue weighted by Crippen LogP contribution is -2.27. The summed E-state index contributed by atoms with van der Waals surface area (Å²) < 4.78 is 5.31. The topological polar surface area (TPSA) is 47.0 Å². The number of ether oxygens (including phenoxy) is 1. The fraction of sp³-hybridized carbons (Fsp3) is 0.467. The lowest BCUT2D eigenvalue weighted by molar-refractivity contribution is 0.413. The first-order valence-electron chi connectivity index (χ1n) is 7.03. The van der Waals surface area contributed by atoms with Gasteiger partial charge in [-0.2, -0.15) is 0 Å². The number of anilines is 1. The standard InChI is InChI=1S/C15H19N3OS/c1-3-14-17-18-15(20-14)16-12-6-4-10-5-7-13(19-2)9-11(10)8-12/h5,7,9,12H,3-4,6,8H2,1-2H3,(H,16,18). The molecule has 1 atom stereocenters. The maximum absolute atomic E-state index is 5.31. The van der Waals surface area contributed by atoms with Crippen LogP contribution in [-0.2, 0) is 19.3 Å². The third-order valence-corrected chi connectivity index (χ3v) is 4.74. The molecule has 0 spiro atoms. The molecule has 1 unspecified atom stereocenters. The van der Waals surface area contributed by atoms with Crippen LogP contribution in [0.15, 0.2) is 18.2 Å². The Hall–Kier alpha value is -1.62. The summed E-state index contributed by atoms with van der Waals surface area (Å²) in [6, 6.07) is 6.82. The molecular formula is C15H19N3OS. The Kier molecular flexibility index (Phi) is 3.87. The monoisotopic (exact) mass is 289 g/mol. The number of methoxy groups -OCH3 is 1. The van der Waals surface area contributed by atoms with Gasteiger partial charge in [-0.05, 0) is 48.9 Å². The van der Waals surface area contributed by atoms with Crippen LogP contribution in [0.1, 0.15) is 29.5 Å². The number of hydrogen-bond donors (Lipinski definition) is 1. The minimum atomic E-state index is 0.437. The average molecular weight is 289 g/mol. The van der Waals surface area contributed by atoms with Crippen molar-refractivity contribution >= 4 is 16.5 Å². The fourth-order valence-corrected chi connectivity index (χ4v) is 3.37. The van der Waals surface area contributed by atoms with Gasteiger partial charge in [0.05, 0.1) is 7.11 Å². The average Bonchev–Trinajstić information content (AvgIpc) is 2.94. The molecular weight excluding hydrogens is 270 g/mol. The molecule has 5 heteroatoms. The summed E-state index contributed by atoms with van der Waals surface area (Å²) in [5.74, 6) is 0.939. The van der Waals surface area contributed by atoms with Gasteiger partial charge in [-0.3, -0.25) is 0 Å². The van der Waals surface area contributed by atoms with E-state index in [9.17, 15) is 0 Å². The maximum Gasteiger partial charge on any atom is 0.205 e. The number of aromatic nitrogens is 2. The van der Waals surface area contributed by atoms with Gasteiger partial charge in [0.15, 0.2) is 0 Å². The van der Waals surface area contributed by atoms with Gasteiger partial charge >= 0.3 is 0 Å². The first-order valence-corrected chi connectivity index (χ1v) is 7.85. The van der Waals surface area contributed by atoms with Gasteiger partial charge in [0, 0.05) is 6.04 Å². The Balaban J connectivity index is 1.71. The van der Waals surface area contributed by atoms with Crippen molar-refractivity contribution in [2.75, 3.05) is 12.4 Å². The van der Waals surface area contributed by atoms with Crippen LogP contribution in [0.25, 0.3) is 0 Å². The number of hydrogen-bond acceptors (Lipinski definition) is 5. The molecule has 1 heterocycles. The van der Waals surface area contributed by atoms with Gasteiger partial charge < -0.3 is 10.1 Å². The smallest absolute Gasteiger partial charge is 0.205 e. The molecule has 20 heavy (non-hydrogen) atoms. The zero-order chi connectivity index (χ0) is 13.9. The van der Waals surface area contributed by atoms with E-state index in [-0.39, 0.29) is 0 Å². The zero-order valence-corrected chi connectivity index (χ0v) is 12.7. The summed E-state index contributed by atoms with van der Waals surface area (Å²) in [5, 5.41) is 13.9. The van der Waals surface area contributed by atoms with E-state index >= 15 is 0 Å². The normalized spacial score (nSPS) is 17.6. The highest BCUT2D eigenvalue weighted by Crippen LogP contribution is 2.27. The van der Waals surface area contributed by atoms with E-state index in [0.717, 1.165) is 41.6 Å². The molecule has 106 valence electrons. The fourth-order valence-electron chi connectivity index (χ4n) is 2.61. The van der Waals surface area contributed by atoms with Crippen molar-refractivity contribution in [2.24, 2.45) is 0 Å². The number of rotatable bonds is 4. The Morgan fingerprint density at radius 2 is 2.25 bits per heavy atom. The van der Waals surface area contributed by atoms with E-state index in [1.54, 1.807) is 18.4 Å². The third kappa shape index (κ3) is 2.77. The highest BCUT2D eigenvalue weighted by Gasteiger charge is 2.20. The Bertz CT molecular complexity index is 597. The number of benzene rings is 1. The van der Waals surface area contributed by atoms with Crippen LogP contribution < -0.4 is 10.1 Å². The van der Waals surface area contributed by atoms with E-state index in [4.69, 9.17) is 4.74 Å². The predicted octanol–water partition coefficient (Wildman–Crippen LogP) is 3.08. The molecule has 0 aliphatic heterocycles. The third-order valence-electron chi connectivity index (χ3n) is 3.74. The van der Waals surface area contributed by atoms with Crippen molar-refractivity contribution in [3.63, 3.8) is 0 Å². The summed E-state index contributed by atoms with van der Waals surface area (Å²) in [4.78, 5) is 0. The highest BCUT2D eigenvalue weighted by atomic mass is 32.1. The predicted molar refractivity (Wildman–Crippen MR) is 81.7 cm³/mol. The first-order chi connectivity index (χ1) is 9.78. The molecule has 0 saturated heterocycles. The molecule has 0 fully saturated rings. The van der Waals surface area contributed by atoms with Crippen LogP contribution in [0.3, 0.4) is 0 Å². The molecule has 1 aromatic carbocycles. The second-order valence-corrected chi connectivity index (χ2v) is 6.14. The molecule has 1 N–H and O–H groups in total. The second-order valence-electron chi connectivity index (χ2n) is 5.07. The quantitative estimate of drug-likeness (QED) is 0.939. The van der Waals surface area contributed by atoms with E-state index in [1.807, 2.05) is 6.07 Å². The Morgan fingerprint density at radius 1 is 1.35 bits per heavy atom. The molecule has 3 rings (SSSR count). The summed E-state index contributed by atoms with van der Waals surface area (Å²) in [5.41, 5.74) is 2.82. The largest absolute Gasteiger partial charge is 0.497 e. The highest BCUT2D eigenvalue weighted by molar-refractivity contribution is 7.15. The van der Waals surface area contributed by atoms with Gasteiger partial charge in [-0.15, -0.1) is 10.2 Å². The van der Waals surface area contributed by atoms with Gasteiger partial charge in [-0.25, -0.2) is 0 Å². The molecule has 0 amide bonds. The molecule has 1 aliphatic carbocycles. The number of aryl methyl sites for hydroxylation is 2. The molecule has 0 radical (unpaired) electrons. The van der Waals surface area contributed by atoms with Crippen LogP contribution in [0.5, 0.6) is 5.75 Å². The SMILES string of the molecule is CCc1nnc(NC2CCc3ccc(OC)cc3C2)s1. The van der Waals surface area contributed by atoms with Gasteiger partial charge in [0.2, 0.25) is 5.13 Å². The van der Waals surface area contributed by atoms with Crippen molar-refractivity contribution < 1.29 is 4.74 Å². The lowest BCUT2D eigenvalue weighted by atomic mass is 9.88. The molecule has 0 bridgehead atoms. The number of nitrogens with one attached hydrogen (secondary N) is 1. The van der Waals surface area contributed by atoms with Crippen LogP contribution in [0.2, 0.25) is 0 Å². The van der Waals surface area contributed by atoms with Crippen LogP contribution in [0, 0.1) is 0 Å². The lowest BCUT2D eigenvalue weighted by Gasteiger charge is -2.25. The van der Waals surface area contributed by atoms with Crippen molar-refractivity contribution in [1.29, 1.82) is 0 Å². The second kappa shape index (κ2) is 5.79. The minimum Gasteiger partial charge on any atom is -0.497 e. The van der Waals surface area contributed by atoms with Gasteiger partial charge in [-0.1, -0.05) is 24.3 Å². The van der Waals surface area contributed by atoms with E-state index < -0.39 is 0 Å². The zero-order valence-electron chi connectivity index (χ0n) is 11.8. The van der Waals surface area contributed by atoms with Crippen molar-refractivity contribution in [2.45, 2.75) is 38.6 Å². The first kappa shape index (κ1) is 13.4. The molecule has 2 aromatic rings. The number of nitrogens with zero attached hydrogens (tertiary/aromatic N) is 2. The summed E-state index contributed by atoms with van der Waals surface area (Å²) in [6.45, 7) is 2.10. The van der Waals surface area contributed by atoms with Gasteiger partial charge in [0.1, 0.15) is 10.8 Å². The van der Waals surface area contributed by atoms with E-state index in [2.05, 4.69) is 34.6 Å². The van der Waals surface area contributed by atoms with Gasteiger partial charge in [0.25, 0.3) is 0 Å². The molecule has 1 aliphatic rings. The van der Waals surface area contributed by atoms with Crippen molar-refractivity contribution in [1.82, 2.24) is 10.2 Å². The summed E-state index contributed by atoms with van der Waals surface area (Å²) in [7, 11) is 1.72. The Labute approximate surface area is 123 Å². The maximum atomic E-state index is 5.31. The van der Waals surface area contributed by atoms with Crippen LogP contribution >= 0.6 is 11.3 Å². The molecule has 4 nitrogen and oxygen atoms in total. The number of fused-ring (bicyclic) bond motifs is 1. The minimum absolute atomic E-state index is 0.437. The van der Waals surface area contributed by atoms with E-state index in [0.29, 0.717) is 6.04 Å².